The monoisotopic (exact) mass is 362 g/mol. The van der Waals surface area contributed by atoms with Crippen molar-refractivity contribution in [1.29, 1.82) is 0 Å². The summed E-state index contributed by atoms with van der Waals surface area (Å²) in [5.41, 5.74) is 7.17. The summed E-state index contributed by atoms with van der Waals surface area (Å²) in [4.78, 5) is 31.4. The SMILES string of the molecule is COc1cc(N)c2c(c1OC)N(C(=O)CN1CCN(C)CC1)CCC2=O. The summed E-state index contributed by atoms with van der Waals surface area (Å²) in [5.74, 6) is 0.642. The number of piperazine rings is 1. The average Bonchev–Trinajstić information content (AvgIpc) is 2.63. The molecule has 0 bridgehead atoms. The highest BCUT2D eigenvalue weighted by molar-refractivity contribution is 6.14. The van der Waals surface area contributed by atoms with Gasteiger partial charge in [0.15, 0.2) is 17.3 Å². The fourth-order valence-electron chi connectivity index (χ4n) is 3.53. The number of hydrogen-bond acceptors (Lipinski definition) is 7. The van der Waals surface area contributed by atoms with Gasteiger partial charge in [0, 0.05) is 50.9 Å². The van der Waals surface area contributed by atoms with Crippen LogP contribution in [-0.4, -0.2) is 82.0 Å². The van der Waals surface area contributed by atoms with Gasteiger partial charge in [-0.3, -0.25) is 14.5 Å². The molecule has 1 aromatic rings. The number of methoxy groups -OCH3 is 2. The van der Waals surface area contributed by atoms with Crippen LogP contribution in [-0.2, 0) is 4.79 Å². The molecule has 2 N–H and O–H groups in total. The summed E-state index contributed by atoms with van der Waals surface area (Å²) in [6, 6.07) is 1.57. The van der Waals surface area contributed by atoms with E-state index in [2.05, 4.69) is 16.8 Å². The number of rotatable bonds is 4. The molecule has 2 aliphatic rings. The minimum Gasteiger partial charge on any atom is -0.493 e. The van der Waals surface area contributed by atoms with Gasteiger partial charge in [0.05, 0.1) is 26.3 Å². The molecule has 0 radical (unpaired) electrons. The Morgan fingerprint density at radius 1 is 1.15 bits per heavy atom. The second-order valence-electron chi connectivity index (χ2n) is 6.72. The molecule has 0 unspecified atom stereocenters. The second kappa shape index (κ2) is 7.51. The molecule has 1 saturated heterocycles. The normalized spacial score (nSPS) is 18.6. The number of carbonyl (C=O) groups is 2. The number of ketones is 1. The van der Waals surface area contributed by atoms with Crippen molar-refractivity contribution in [2.24, 2.45) is 0 Å². The molecule has 1 amide bonds. The quantitative estimate of drug-likeness (QED) is 0.778. The van der Waals surface area contributed by atoms with Crippen molar-refractivity contribution in [2.45, 2.75) is 6.42 Å². The van der Waals surface area contributed by atoms with Gasteiger partial charge in [-0.15, -0.1) is 0 Å². The molecule has 1 fully saturated rings. The van der Waals surface area contributed by atoms with Crippen molar-refractivity contribution in [3.63, 3.8) is 0 Å². The lowest BCUT2D eigenvalue weighted by Gasteiger charge is -2.35. The van der Waals surface area contributed by atoms with Crippen molar-refractivity contribution in [1.82, 2.24) is 9.80 Å². The molecule has 0 aromatic heterocycles. The van der Waals surface area contributed by atoms with E-state index in [1.165, 1.54) is 14.2 Å². The zero-order chi connectivity index (χ0) is 18.8. The fourth-order valence-corrected chi connectivity index (χ4v) is 3.53. The zero-order valence-corrected chi connectivity index (χ0v) is 15.6. The number of amides is 1. The molecular formula is C18H26N4O4. The number of nitrogens with zero attached hydrogens (tertiary/aromatic N) is 3. The summed E-state index contributed by atoms with van der Waals surface area (Å²) < 4.78 is 10.8. The minimum atomic E-state index is -0.0814. The molecule has 142 valence electrons. The van der Waals surface area contributed by atoms with Crippen molar-refractivity contribution >= 4 is 23.1 Å². The first-order valence-corrected chi connectivity index (χ1v) is 8.75. The second-order valence-corrected chi connectivity index (χ2v) is 6.72. The van der Waals surface area contributed by atoms with Gasteiger partial charge in [-0.05, 0) is 7.05 Å². The van der Waals surface area contributed by atoms with Gasteiger partial charge in [-0.25, -0.2) is 0 Å². The van der Waals surface area contributed by atoms with Crippen molar-refractivity contribution in [3.8, 4) is 11.5 Å². The molecule has 0 spiro atoms. The highest BCUT2D eigenvalue weighted by Gasteiger charge is 2.34. The van der Waals surface area contributed by atoms with Gasteiger partial charge < -0.3 is 25.0 Å². The maximum atomic E-state index is 13.0. The number of anilines is 2. The van der Waals surface area contributed by atoms with Crippen LogP contribution in [0.2, 0.25) is 0 Å². The van der Waals surface area contributed by atoms with Gasteiger partial charge >= 0.3 is 0 Å². The Kier molecular flexibility index (Phi) is 5.33. The van der Waals surface area contributed by atoms with Gasteiger partial charge in [0.2, 0.25) is 5.91 Å². The molecule has 3 rings (SSSR count). The molecule has 8 heteroatoms. The number of benzene rings is 1. The minimum absolute atomic E-state index is 0.0609. The van der Waals surface area contributed by atoms with E-state index >= 15 is 0 Å². The molecule has 26 heavy (non-hydrogen) atoms. The molecule has 0 aliphatic carbocycles. The Labute approximate surface area is 153 Å². The van der Waals surface area contributed by atoms with Crippen molar-refractivity contribution < 1.29 is 19.1 Å². The van der Waals surface area contributed by atoms with Gasteiger partial charge in [-0.1, -0.05) is 0 Å². The molecule has 1 aromatic carbocycles. The van der Waals surface area contributed by atoms with E-state index in [-0.39, 0.29) is 18.1 Å². The first-order valence-electron chi connectivity index (χ1n) is 8.75. The topological polar surface area (TPSA) is 88.3 Å². The van der Waals surface area contributed by atoms with E-state index in [0.29, 0.717) is 41.5 Å². The molecular weight excluding hydrogens is 336 g/mol. The first-order chi connectivity index (χ1) is 12.5. The lowest BCUT2D eigenvalue weighted by molar-refractivity contribution is -0.120. The number of nitrogens with two attached hydrogens (primary N) is 1. The summed E-state index contributed by atoms with van der Waals surface area (Å²) in [7, 11) is 5.08. The number of nitrogen functional groups attached to an aromatic ring is 1. The molecule has 8 nitrogen and oxygen atoms in total. The van der Waals surface area contributed by atoms with Crippen LogP contribution >= 0.6 is 0 Å². The number of ether oxygens (including phenoxy) is 2. The van der Waals surface area contributed by atoms with Crippen LogP contribution in [0.4, 0.5) is 11.4 Å². The van der Waals surface area contributed by atoms with Gasteiger partial charge in [-0.2, -0.15) is 0 Å². The highest BCUT2D eigenvalue weighted by atomic mass is 16.5. The van der Waals surface area contributed by atoms with Crippen LogP contribution in [0.5, 0.6) is 11.5 Å². The predicted octanol–water partition coefficient (Wildman–Crippen LogP) is 0.453. The van der Waals surface area contributed by atoms with Crippen LogP contribution in [0, 0.1) is 0 Å². The van der Waals surface area contributed by atoms with Crippen LogP contribution in [0.25, 0.3) is 0 Å². The van der Waals surface area contributed by atoms with Crippen LogP contribution in [0.15, 0.2) is 6.07 Å². The third-order valence-corrected chi connectivity index (χ3v) is 5.04. The fraction of sp³-hybridized carbons (Fsp3) is 0.556. The Morgan fingerprint density at radius 3 is 2.46 bits per heavy atom. The summed E-state index contributed by atoms with van der Waals surface area (Å²) in [6.07, 6.45) is 0.251. The Balaban J connectivity index is 1.93. The highest BCUT2D eigenvalue weighted by Crippen LogP contribution is 2.46. The maximum Gasteiger partial charge on any atom is 0.241 e. The van der Waals surface area contributed by atoms with Crippen LogP contribution < -0.4 is 20.1 Å². The van der Waals surface area contributed by atoms with E-state index in [9.17, 15) is 9.59 Å². The zero-order valence-electron chi connectivity index (χ0n) is 15.6. The number of fused-ring (bicyclic) bond motifs is 1. The summed E-state index contributed by atoms with van der Waals surface area (Å²) in [5, 5.41) is 0. The van der Waals surface area contributed by atoms with E-state index < -0.39 is 0 Å². The third-order valence-electron chi connectivity index (χ3n) is 5.04. The third kappa shape index (κ3) is 3.34. The Bertz CT molecular complexity index is 714. The van der Waals surface area contributed by atoms with Crippen LogP contribution in [0.1, 0.15) is 16.8 Å². The Hall–Kier alpha value is -2.32. The largest absolute Gasteiger partial charge is 0.493 e. The molecule has 2 heterocycles. The lowest BCUT2D eigenvalue weighted by atomic mass is 9.97. The lowest BCUT2D eigenvalue weighted by Crippen LogP contribution is -2.50. The average molecular weight is 362 g/mol. The van der Waals surface area contributed by atoms with E-state index in [4.69, 9.17) is 15.2 Å². The molecule has 2 aliphatic heterocycles. The van der Waals surface area contributed by atoms with E-state index in [0.717, 1.165) is 26.2 Å². The van der Waals surface area contributed by atoms with E-state index in [1.54, 1.807) is 11.0 Å². The first kappa shape index (κ1) is 18.5. The summed E-state index contributed by atoms with van der Waals surface area (Å²) >= 11 is 0. The Morgan fingerprint density at radius 2 is 1.85 bits per heavy atom. The van der Waals surface area contributed by atoms with Crippen molar-refractivity contribution in [3.05, 3.63) is 11.6 Å². The number of hydrogen-bond donors (Lipinski definition) is 1. The number of likely N-dealkylation sites (N-methyl/N-ethyl adjacent to an activating group) is 1. The van der Waals surface area contributed by atoms with Gasteiger partial charge in [0.25, 0.3) is 0 Å². The van der Waals surface area contributed by atoms with E-state index in [1.807, 2.05) is 0 Å². The number of Topliss-reactive ketones (excluding diaryl/α,β-unsaturated/α-hetero) is 1. The predicted molar refractivity (Wildman–Crippen MR) is 99.2 cm³/mol. The standard InChI is InChI=1S/C18H26N4O4/c1-20-6-8-21(9-7-20)11-15(24)22-5-4-13(23)16-12(19)10-14(25-2)18(26-3)17(16)22/h10H,4-9,11,19H2,1-3H3. The van der Waals surface area contributed by atoms with Gasteiger partial charge in [0.1, 0.15) is 5.69 Å². The number of carbonyl (C=O) groups excluding carboxylic acids is 2. The van der Waals surface area contributed by atoms with Crippen LogP contribution in [0.3, 0.4) is 0 Å². The summed E-state index contributed by atoms with van der Waals surface area (Å²) in [6.45, 7) is 4.19. The maximum absolute atomic E-state index is 13.0. The molecule has 0 saturated carbocycles. The molecule has 0 atom stereocenters. The van der Waals surface area contributed by atoms with Crippen molar-refractivity contribution in [2.75, 3.05) is 71.2 Å². The smallest absolute Gasteiger partial charge is 0.241 e.